The summed E-state index contributed by atoms with van der Waals surface area (Å²) in [6.07, 6.45) is 0. The number of halogens is 1. The molecule has 0 aliphatic carbocycles. The third kappa shape index (κ3) is 3.44. The Hall–Kier alpha value is -2.60. The van der Waals surface area contributed by atoms with Crippen LogP contribution in [0.15, 0.2) is 42.5 Å². The summed E-state index contributed by atoms with van der Waals surface area (Å²) in [7, 11) is 1.95. The van der Waals surface area contributed by atoms with Gasteiger partial charge in [-0.2, -0.15) is 9.61 Å². The normalized spacial score (nSPS) is 12.2. The van der Waals surface area contributed by atoms with Gasteiger partial charge in [-0.15, -0.1) is 0 Å². The molecule has 0 spiro atoms. The van der Waals surface area contributed by atoms with Crippen molar-refractivity contribution in [3.63, 3.8) is 0 Å². The van der Waals surface area contributed by atoms with Gasteiger partial charge in [0.05, 0.1) is 12.6 Å². The Morgan fingerprint density at radius 1 is 1.32 bits per heavy atom. The first-order valence-electron chi connectivity index (χ1n) is 8.02. The van der Waals surface area contributed by atoms with Crippen LogP contribution in [0.4, 0.5) is 5.82 Å². The van der Waals surface area contributed by atoms with E-state index in [0.29, 0.717) is 17.4 Å². The predicted molar refractivity (Wildman–Crippen MR) is 97.2 cm³/mol. The van der Waals surface area contributed by atoms with Crippen LogP contribution in [0.25, 0.3) is 5.65 Å². The number of carbonyl (C=O) groups excluding carboxylic acids is 1. The zero-order valence-corrected chi connectivity index (χ0v) is 15.1. The highest BCUT2D eigenvalue weighted by molar-refractivity contribution is 6.29. The summed E-state index contributed by atoms with van der Waals surface area (Å²) in [6.45, 7) is 4.13. The first-order chi connectivity index (χ1) is 12.0. The van der Waals surface area contributed by atoms with E-state index in [1.54, 1.807) is 23.6 Å². The van der Waals surface area contributed by atoms with Gasteiger partial charge in [-0.25, -0.2) is 9.78 Å². The molecular formula is C18H19ClN4O2. The summed E-state index contributed by atoms with van der Waals surface area (Å²) in [5.74, 6) is 0.260. The van der Waals surface area contributed by atoms with Gasteiger partial charge in [-0.3, -0.25) is 0 Å². The minimum absolute atomic E-state index is 0.0816. The fraction of sp³-hybridized carbons (Fsp3) is 0.278. The maximum atomic E-state index is 12.0. The lowest BCUT2D eigenvalue weighted by Gasteiger charge is -2.27. The summed E-state index contributed by atoms with van der Waals surface area (Å²) in [5, 5.41) is 4.69. The molecule has 0 N–H and O–H groups in total. The van der Waals surface area contributed by atoms with Crippen LogP contribution in [-0.2, 0) is 4.74 Å². The molecule has 3 aromatic rings. The van der Waals surface area contributed by atoms with Crippen LogP contribution in [0, 0.1) is 0 Å². The topological polar surface area (TPSA) is 59.7 Å². The zero-order chi connectivity index (χ0) is 18.0. The summed E-state index contributed by atoms with van der Waals surface area (Å²) < 4.78 is 6.62. The van der Waals surface area contributed by atoms with Crippen LogP contribution in [0.2, 0.25) is 5.15 Å². The summed E-state index contributed by atoms with van der Waals surface area (Å²) >= 11 is 6.17. The Balaban J connectivity index is 2.04. The van der Waals surface area contributed by atoms with E-state index in [1.165, 1.54) is 0 Å². The van der Waals surface area contributed by atoms with Gasteiger partial charge < -0.3 is 9.64 Å². The number of hydrogen-bond donors (Lipinski definition) is 0. The molecule has 0 saturated carbocycles. The molecule has 0 aliphatic rings. The molecule has 2 heterocycles. The molecule has 2 aromatic heterocycles. The van der Waals surface area contributed by atoms with Gasteiger partial charge in [0.15, 0.2) is 11.3 Å². The van der Waals surface area contributed by atoms with E-state index >= 15 is 0 Å². The highest BCUT2D eigenvalue weighted by Crippen LogP contribution is 2.27. The van der Waals surface area contributed by atoms with Gasteiger partial charge >= 0.3 is 5.97 Å². The van der Waals surface area contributed by atoms with Crippen molar-refractivity contribution in [2.45, 2.75) is 19.9 Å². The molecule has 0 unspecified atom stereocenters. The molecule has 7 heteroatoms. The number of hydrogen-bond acceptors (Lipinski definition) is 5. The molecule has 0 bridgehead atoms. The monoisotopic (exact) mass is 358 g/mol. The number of rotatable bonds is 5. The number of ether oxygens (including phenoxy) is 1. The Kier molecular flexibility index (Phi) is 4.90. The summed E-state index contributed by atoms with van der Waals surface area (Å²) in [4.78, 5) is 18.2. The minimum Gasteiger partial charge on any atom is -0.461 e. The molecule has 0 saturated heterocycles. The first-order valence-corrected chi connectivity index (χ1v) is 8.40. The summed E-state index contributed by atoms with van der Waals surface area (Å²) in [6, 6.07) is 13.5. The van der Waals surface area contributed by atoms with Gasteiger partial charge in [0.25, 0.3) is 0 Å². The predicted octanol–water partition coefficient (Wildman–Crippen LogP) is 3.76. The molecule has 1 aromatic carbocycles. The van der Waals surface area contributed by atoms with Crippen molar-refractivity contribution >= 4 is 29.0 Å². The molecule has 0 fully saturated rings. The lowest BCUT2D eigenvalue weighted by Crippen LogP contribution is -2.24. The van der Waals surface area contributed by atoms with Crippen molar-refractivity contribution in [1.82, 2.24) is 14.6 Å². The Bertz CT molecular complexity index is 895. The number of anilines is 1. The first kappa shape index (κ1) is 17.2. The van der Waals surface area contributed by atoms with Crippen molar-refractivity contribution in [3.05, 3.63) is 58.9 Å². The number of nitrogens with zero attached hydrogens (tertiary/aromatic N) is 4. The Labute approximate surface area is 151 Å². The van der Waals surface area contributed by atoms with Gasteiger partial charge in [-0.1, -0.05) is 41.9 Å². The van der Waals surface area contributed by atoms with Crippen LogP contribution in [0.5, 0.6) is 0 Å². The molecule has 0 radical (unpaired) electrons. The van der Waals surface area contributed by atoms with Gasteiger partial charge in [0, 0.05) is 19.2 Å². The number of benzene rings is 1. The van der Waals surface area contributed by atoms with Crippen LogP contribution >= 0.6 is 11.6 Å². The zero-order valence-electron chi connectivity index (χ0n) is 14.3. The van der Waals surface area contributed by atoms with Crippen molar-refractivity contribution in [2.75, 3.05) is 18.6 Å². The van der Waals surface area contributed by atoms with Gasteiger partial charge in [0.2, 0.25) is 0 Å². The standard InChI is InChI=1S/C18H19ClN4O2/c1-4-25-18(24)14-10-16-20-15(19)11-17(23(16)21-14)22(3)12(2)13-8-6-5-7-9-13/h5-12H,4H2,1-3H3/t12-/m0/s1. The molecule has 130 valence electrons. The second-order valence-corrected chi connectivity index (χ2v) is 6.04. The van der Waals surface area contributed by atoms with E-state index in [2.05, 4.69) is 29.1 Å². The number of fused-ring (bicyclic) bond motifs is 1. The lowest BCUT2D eigenvalue weighted by atomic mass is 10.1. The van der Waals surface area contributed by atoms with E-state index in [0.717, 1.165) is 11.4 Å². The second-order valence-electron chi connectivity index (χ2n) is 5.65. The van der Waals surface area contributed by atoms with Crippen molar-refractivity contribution < 1.29 is 9.53 Å². The lowest BCUT2D eigenvalue weighted by molar-refractivity contribution is 0.0519. The number of carbonyl (C=O) groups is 1. The van der Waals surface area contributed by atoms with Gasteiger partial charge in [-0.05, 0) is 19.4 Å². The Morgan fingerprint density at radius 3 is 2.72 bits per heavy atom. The highest BCUT2D eigenvalue weighted by Gasteiger charge is 2.20. The van der Waals surface area contributed by atoms with Crippen LogP contribution in [0.1, 0.15) is 35.9 Å². The van der Waals surface area contributed by atoms with Crippen LogP contribution in [-0.4, -0.2) is 34.2 Å². The molecule has 25 heavy (non-hydrogen) atoms. The third-order valence-corrected chi connectivity index (χ3v) is 4.28. The van der Waals surface area contributed by atoms with Crippen LogP contribution in [0.3, 0.4) is 0 Å². The average molecular weight is 359 g/mol. The molecule has 6 nitrogen and oxygen atoms in total. The van der Waals surface area contributed by atoms with E-state index in [-0.39, 0.29) is 11.7 Å². The fourth-order valence-electron chi connectivity index (χ4n) is 2.64. The fourth-order valence-corrected chi connectivity index (χ4v) is 2.82. The number of esters is 1. The Morgan fingerprint density at radius 2 is 2.04 bits per heavy atom. The molecule has 3 rings (SSSR count). The van der Waals surface area contributed by atoms with Crippen LogP contribution < -0.4 is 4.90 Å². The van der Waals surface area contributed by atoms with Gasteiger partial charge in [0.1, 0.15) is 11.0 Å². The number of aromatic nitrogens is 3. The third-order valence-electron chi connectivity index (χ3n) is 4.09. The van der Waals surface area contributed by atoms with E-state index < -0.39 is 5.97 Å². The van der Waals surface area contributed by atoms with Crippen molar-refractivity contribution in [2.24, 2.45) is 0 Å². The van der Waals surface area contributed by atoms with Crippen molar-refractivity contribution in [1.29, 1.82) is 0 Å². The van der Waals surface area contributed by atoms with E-state index in [1.807, 2.05) is 30.1 Å². The maximum Gasteiger partial charge on any atom is 0.358 e. The second kappa shape index (κ2) is 7.11. The highest BCUT2D eigenvalue weighted by atomic mass is 35.5. The SMILES string of the molecule is CCOC(=O)c1cc2nc(Cl)cc(N(C)[C@@H](C)c3ccccc3)n2n1. The summed E-state index contributed by atoms with van der Waals surface area (Å²) in [5.41, 5.74) is 1.86. The average Bonchev–Trinajstić information content (AvgIpc) is 3.04. The van der Waals surface area contributed by atoms with Crippen molar-refractivity contribution in [3.8, 4) is 0 Å². The smallest absolute Gasteiger partial charge is 0.358 e. The minimum atomic E-state index is -0.478. The molecular weight excluding hydrogens is 340 g/mol. The molecule has 0 amide bonds. The maximum absolute atomic E-state index is 12.0. The van der Waals surface area contributed by atoms with E-state index in [9.17, 15) is 4.79 Å². The van der Waals surface area contributed by atoms with E-state index in [4.69, 9.17) is 16.3 Å². The quantitative estimate of drug-likeness (QED) is 0.513. The largest absolute Gasteiger partial charge is 0.461 e. The molecule has 0 aliphatic heterocycles. The molecule has 1 atom stereocenters.